The summed E-state index contributed by atoms with van der Waals surface area (Å²) in [5.74, 6) is -2.81. The fourth-order valence-electron chi connectivity index (χ4n) is 1.83. The van der Waals surface area contributed by atoms with Crippen LogP contribution in [0.1, 0.15) is 20.8 Å². The fraction of sp³-hybridized carbons (Fsp3) is 0.409. The molecule has 0 aliphatic heterocycles. The zero-order valence-corrected chi connectivity index (χ0v) is 23.3. The summed E-state index contributed by atoms with van der Waals surface area (Å²) < 4.78 is 17.9. The van der Waals surface area contributed by atoms with Gasteiger partial charge in [-0.3, -0.25) is 0 Å². The van der Waals surface area contributed by atoms with Gasteiger partial charge >= 0.3 is 46.9 Å². The number of hydrogen-bond acceptors (Lipinski definition) is 9. The third-order valence-corrected chi connectivity index (χ3v) is 3.28. The normalized spacial score (nSPS) is 9.48. The van der Waals surface area contributed by atoms with E-state index in [-0.39, 0.29) is 54.0 Å². The maximum absolute atomic E-state index is 11.3. The second-order valence-corrected chi connectivity index (χ2v) is 5.95. The Balaban J connectivity index is -0.000000146. The van der Waals surface area contributed by atoms with Gasteiger partial charge < -0.3 is 43.7 Å². The Morgan fingerprint density at radius 2 is 0.939 bits per heavy atom. The second kappa shape index (κ2) is 22.9. The quantitative estimate of drug-likeness (QED) is 0.0638. The van der Waals surface area contributed by atoms with Gasteiger partial charge in [0.2, 0.25) is 0 Å². The predicted molar refractivity (Wildman–Crippen MR) is 123 cm³/mol. The molecule has 0 aromatic carbocycles. The molecule has 0 aromatic heterocycles. The summed E-state index contributed by atoms with van der Waals surface area (Å²) in [4.78, 5) is 46.7. The minimum absolute atomic E-state index is 0. The third kappa shape index (κ3) is 17.9. The van der Waals surface area contributed by atoms with Crippen molar-refractivity contribution in [2.45, 2.75) is 20.8 Å². The van der Waals surface area contributed by atoms with Gasteiger partial charge in [-0.1, -0.05) is 11.6 Å². The van der Waals surface area contributed by atoms with Crippen molar-refractivity contribution in [1.82, 2.24) is 4.90 Å². The molecule has 0 rings (SSSR count). The Bertz CT molecular complexity index is 719. The molecule has 0 bridgehead atoms. The second-order valence-electron chi connectivity index (χ2n) is 5.95. The molecule has 0 heterocycles. The Hall–Kier alpha value is -2.30. The van der Waals surface area contributed by atoms with E-state index in [1.165, 1.54) is 40.6 Å². The zero-order valence-electron chi connectivity index (χ0n) is 21.1. The molecule has 9 nitrogen and oxygen atoms in total. The smallest absolute Gasteiger partial charge is 1.00 e. The van der Waals surface area contributed by atoms with Crippen LogP contribution < -0.4 is 12.4 Å². The number of allylic oxidation sites excluding steroid dienone is 5. The zero-order chi connectivity index (χ0) is 23.9. The van der Waals surface area contributed by atoms with Crippen molar-refractivity contribution in [3.8, 4) is 0 Å². The van der Waals surface area contributed by atoms with Crippen LogP contribution >= 0.6 is 0 Å². The molecule has 0 saturated heterocycles. The summed E-state index contributed by atoms with van der Waals surface area (Å²) in [5, 5.41) is 0. The number of esters is 4. The molecule has 0 aliphatic carbocycles. The van der Waals surface area contributed by atoms with E-state index in [9.17, 15) is 19.2 Å². The molecular formula is C22H34ClMgNO8. The van der Waals surface area contributed by atoms with Crippen molar-refractivity contribution in [3.05, 3.63) is 54.1 Å². The van der Waals surface area contributed by atoms with Gasteiger partial charge in [-0.2, -0.15) is 0 Å². The minimum Gasteiger partial charge on any atom is -1.00 e. The number of carbonyl (C=O) groups is 4. The number of methoxy groups -OCH3 is 4. The van der Waals surface area contributed by atoms with E-state index in [0.717, 1.165) is 11.1 Å². The summed E-state index contributed by atoms with van der Waals surface area (Å²) in [5.41, 5.74) is 1.30. The molecule has 0 amide bonds. The summed E-state index contributed by atoms with van der Waals surface area (Å²) in [6.45, 7) is 5.34. The van der Waals surface area contributed by atoms with Crippen LogP contribution in [0.3, 0.4) is 0 Å². The number of hydrogen-bond donors (Lipinski definition) is 0. The molecule has 11 heteroatoms. The molecule has 0 N–H and O–H groups in total. The van der Waals surface area contributed by atoms with Gasteiger partial charge in [-0.25, -0.2) is 19.2 Å². The third-order valence-electron chi connectivity index (χ3n) is 3.28. The molecule has 0 aliphatic rings. The van der Waals surface area contributed by atoms with Crippen LogP contribution in [0.25, 0.3) is 0 Å². The molecule has 0 aromatic rings. The average molecular weight is 500 g/mol. The van der Waals surface area contributed by atoms with Crippen molar-refractivity contribution in [2.24, 2.45) is 0 Å². The molecule has 33 heavy (non-hydrogen) atoms. The first kappa shape index (κ1) is 41.0. The van der Waals surface area contributed by atoms with Crippen LogP contribution in [-0.2, 0) is 38.1 Å². The molecular weight excluding hydrogens is 466 g/mol. The number of rotatable bonds is 7. The summed E-state index contributed by atoms with van der Waals surface area (Å²) in [6.07, 6.45) is 6.40. The summed E-state index contributed by atoms with van der Waals surface area (Å²) in [6, 6.07) is 0. The number of ether oxygens (including phenoxy) is 4. The van der Waals surface area contributed by atoms with E-state index in [0.29, 0.717) is 0 Å². The minimum atomic E-state index is -0.710. The van der Waals surface area contributed by atoms with Gasteiger partial charge in [0.15, 0.2) is 0 Å². The van der Waals surface area contributed by atoms with Crippen LogP contribution in [0.4, 0.5) is 0 Å². The van der Waals surface area contributed by atoms with Crippen molar-refractivity contribution in [2.75, 3.05) is 42.5 Å². The predicted octanol–water partition coefficient (Wildman–Crippen LogP) is -0.977. The average Bonchev–Trinajstić information content (AvgIpc) is 2.73. The molecule has 0 unspecified atom stereocenters. The van der Waals surface area contributed by atoms with E-state index in [1.807, 2.05) is 14.1 Å². The van der Waals surface area contributed by atoms with Gasteiger partial charge in [0.05, 0.1) is 28.4 Å². The van der Waals surface area contributed by atoms with E-state index in [2.05, 4.69) is 18.9 Å². The van der Waals surface area contributed by atoms with Gasteiger partial charge in [-0.15, -0.1) is 0 Å². The monoisotopic (exact) mass is 499 g/mol. The Morgan fingerprint density at radius 3 is 1.15 bits per heavy atom. The maximum atomic E-state index is 11.3. The summed E-state index contributed by atoms with van der Waals surface area (Å²) >= 11 is 0. The Labute approximate surface area is 219 Å². The van der Waals surface area contributed by atoms with Crippen molar-refractivity contribution >= 4 is 46.9 Å². The molecule has 184 valence electrons. The van der Waals surface area contributed by atoms with E-state index in [4.69, 9.17) is 0 Å². The van der Waals surface area contributed by atoms with Crippen molar-refractivity contribution in [1.29, 1.82) is 0 Å². The Kier molecular flexibility index (Phi) is 28.4. The van der Waals surface area contributed by atoms with Gasteiger partial charge in [0.25, 0.3) is 0 Å². The van der Waals surface area contributed by atoms with Crippen LogP contribution in [0.5, 0.6) is 0 Å². The molecule has 0 atom stereocenters. The van der Waals surface area contributed by atoms with E-state index in [1.54, 1.807) is 37.9 Å². The largest absolute Gasteiger partial charge is 2.00 e. The first-order chi connectivity index (χ1) is 14.0. The van der Waals surface area contributed by atoms with Crippen LogP contribution in [0.2, 0.25) is 0 Å². The first-order valence-electron chi connectivity index (χ1n) is 8.73. The Morgan fingerprint density at radius 1 is 0.667 bits per heavy atom. The van der Waals surface area contributed by atoms with Gasteiger partial charge in [0, 0.05) is 20.3 Å². The van der Waals surface area contributed by atoms with Gasteiger partial charge in [-0.05, 0) is 38.5 Å². The van der Waals surface area contributed by atoms with Crippen LogP contribution in [0, 0.1) is 7.43 Å². The van der Waals surface area contributed by atoms with Gasteiger partial charge in [0.1, 0.15) is 11.1 Å². The topological polar surface area (TPSA) is 108 Å². The molecule has 0 radical (unpaired) electrons. The number of nitrogens with zero attached hydrogens (tertiary/aromatic N) is 1. The van der Waals surface area contributed by atoms with E-state index >= 15 is 0 Å². The molecule has 0 saturated carbocycles. The van der Waals surface area contributed by atoms with Crippen molar-refractivity contribution in [3.63, 3.8) is 0 Å². The number of halogens is 1. The van der Waals surface area contributed by atoms with Crippen LogP contribution in [-0.4, -0.2) is 94.4 Å². The summed E-state index contributed by atoms with van der Waals surface area (Å²) in [7, 11) is 8.53. The molecule has 0 spiro atoms. The SMILES string of the molecule is C/C=C(\C)C=C(C(=O)OC)C(=O)OC.COC(=O)C(=C/C(C)=C/N(C)C)C(=O)OC.[CH3-].[Cl-].[Mg+2]. The van der Waals surface area contributed by atoms with E-state index < -0.39 is 23.9 Å². The molecule has 0 fully saturated rings. The maximum Gasteiger partial charge on any atom is 2.00 e. The fourth-order valence-corrected chi connectivity index (χ4v) is 1.83. The van der Waals surface area contributed by atoms with Crippen LogP contribution in [0.15, 0.2) is 46.7 Å². The van der Waals surface area contributed by atoms with Crippen molar-refractivity contribution < 1.29 is 50.5 Å². The number of carbonyl (C=O) groups excluding carboxylic acids is 4. The standard InChI is InChI=1S/C11H17NO4.C10H14O4.CH3.ClH.Mg/c1-8(7-12(2)3)6-9(10(13)15-4)11(14)16-5;1-5-7(2)6-8(9(11)13-3)10(12)14-4;;;/h6-7H,1-5H3;5-6H,1-4H3;1H3;1H;/q;;-1;;+2/p-1/b8-7+;7-5+;;;. The first-order valence-corrected chi connectivity index (χ1v) is 8.73.